The van der Waals surface area contributed by atoms with E-state index in [1.165, 1.54) is 6.07 Å². The summed E-state index contributed by atoms with van der Waals surface area (Å²) >= 11 is 12.3. The number of pyridine rings is 1. The Bertz CT molecular complexity index is 701. The van der Waals surface area contributed by atoms with Gasteiger partial charge in [-0.25, -0.2) is 9.78 Å². The molecule has 0 fully saturated rings. The molecule has 1 unspecified atom stereocenters. The number of hydrogen-bond donors (Lipinski definition) is 1. The van der Waals surface area contributed by atoms with Crippen LogP contribution in [0.1, 0.15) is 19.5 Å². The van der Waals surface area contributed by atoms with Gasteiger partial charge in [-0.1, -0.05) is 37.0 Å². The highest BCUT2D eigenvalue weighted by molar-refractivity contribution is 6.39. The molecule has 2 rings (SSSR count). The first-order valence-electron chi connectivity index (χ1n) is 6.46. The van der Waals surface area contributed by atoms with Gasteiger partial charge in [0.05, 0.1) is 10.0 Å². The van der Waals surface area contributed by atoms with Crippen molar-refractivity contribution >= 4 is 40.1 Å². The molecule has 0 aliphatic carbocycles. The van der Waals surface area contributed by atoms with Crippen LogP contribution in [0.3, 0.4) is 0 Å². The number of halogens is 2. The summed E-state index contributed by atoms with van der Waals surface area (Å²) in [5.74, 6) is -1.01. The predicted molar refractivity (Wildman–Crippen MR) is 83.4 cm³/mol. The summed E-state index contributed by atoms with van der Waals surface area (Å²) in [4.78, 5) is 15.7. The van der Waals surface area contributed by atoms with Crippen molar-refractivity contribution in [2.45, 2.75) is 26.9 Å². The number of fused-ring (bicyclic) bond motifs is 1. The monoisotopic (exact) mass is 327 g/mol. The maximum atomic E-state index is 11.3. The molecule has 6 heteroatoms. The van der Waals surface area contributed by atoms with Crippen LogP contribution in [0, 0.1) is 12.8 Å². The summed E-state index contributed by atoms with van der Waals surface area (Å²) in [6.07, 6.45) is -1.01. The number of nitrogens with zero attached hydrogens (tertiary/aromatic N) is 1. The van der Waals surface area contributed by atoms with Crippen molar-refractivity contribution in [1.29, 1.82) is 0 Å². The molecule has 1 aromatic carbocycles. The molecule has 0 saturated heterocycles. The molecule has 0 aliphatic rings. The van der Waals surface area contributed by atoms with Crippen LogP contribution >= 0.6 is 23.2 Å². The zero-order chi connectivity index (χ0) is 15.7. The Morgan fingerprint density at radius 1 is 1.29 bits per heavy atom. The standard InChI is InChI=1S/C15H15Cl2NO3/c1-7(2)13(15(19)20)21-14-11(17)6-10(16)9-5-4-8(3)18-12(9)14/h4-7,13H,1-3H3,(H,19,20). The summed E-state index contributed by atoms with van der Waals surface area (Å²) < 4.78 is 5.64. The fourth-order valence-electron chi connectivity index (χ4n) is 2.00. The highest BCUT2D eigenvalue weighted by Gasteiger charge is 2.26. The Hall–Kier alpha value is -1.52. The summed E-state index contributed by atoms with van der Waals surface area (Å²) in [5.41, 5.74) is 1.24. The second kappa shape index (κ2) is 6.08. The SMILES string of the molecule is Cc1ccc2c(Cl)cc(Cl)c(OC(C(=O)O)C(C)C)c2n1. The van der Waals surface area contributed by atoms with Crippen LogP contribution in [0.25, 0.3) is 10.9 Å². The highest BCUT2D eigenvalue weighted by Crippen LogP contribution is 2.38. The van der Waals surface area contributed by atoms with Crippen molar-refractivity contribution in [3.05, 3.63) is 33.9 Å². The van der Waals surface area contributed by atoms with E-state index in [2.05, 4.69) is 4.98 Å². The molecule has 0 radical (unpaired) electrons. The molecular formula is C15H15Cl2NO3. The Balaban J connectivity index is 2.62. The number of carboxylic acid groups (broad SMARTS) is 1. The molecule has 0 aliphatic heterocycles. The van der Waals surface area contributed by atoms with Gasteiger partial charge in [-0.05, 0) is 25.1 Å². The smallest absolute Gasteiger partial charge is 0.345 e. The van der Waals surface area contributed by atoms with Crippen molar-refractivity contribution in [2.75, 3.05) is 0 Å². The van der Waals surface area contributed by atoms with Gasteiger partial charge < -0.3 is 9.84 Å². The van der Waals surface area contributed by atoms with Gasteiger partial charge in [0.25, 0.3) is 0 Å². The topological polar surface area (TPSA) is 59.4 Å². The van der Waals surface area contributed by atoms with Gasteiger partial charge in [-0.3, -0.25) is 0 Å². The number of aromatic nitrogens is 1. The third-order valence-corrected chi connectivity index (χ3v) is 3.66. The predicted octanol–water partition coefficient (Wildman–Crippen LogP) is 4.34. The van der Waals surface area contributed by atoms with Gasteiger partial charge in [0.1, 0.15) is 5.52 Å². The minimum atomic E-state index is -1.04. The van der Waals surface area contributed by atoms with E-state index >= 15 is 0 Å². The molecule has 2 aromatic rings. The molecule has 112 valence electrons. The van der Waals surface area contributed by atoms with Crippen LogP contribution in [0.4, 0.5) is 0 Å². The number of rotatable bonds is 4. The van der Waals surface area contributed by atoms with Crippen molar-refractivity contribution in [3.8, 4) is 5.75 Å². The molecule has 0 spiro atoms. The van der Waals surface area contributed by atoms with Gasteiger partial charge >= 0.3 is 5.97 Å². The van der Waals surface area contributed by atoms with E-state index < -0.39 is 12.1 Å². The zero-order valence-electron chi connectivity index (χ0n) is 11.9. The lowest BCUT2D eigenvalue weighted by Gasteiger charge is -2.20. The minimum absolute atomic E-state index is 0.214. The average molecular weight is 328 g/mol. The summed E-state index contributed by atoms with van der Waals surface area (Å²) in [6, 6.07) is 5.17. The van der Waals surface area contributed by atoms with Gasteiger partial charge in [-0.2, -0.15) is 0 Å². The maximum absolute atomic E-state index is 11.3. The van der Waals surface area contributed by atoms with Crippen LogP contribution in [-0.4, -0.2) is 22.2 Å². The van der Waals surface area contributed by atoms with Crippen LogP contribution in [0.2, 0.25) is 10.0 Å². The fraction of sp³-hybridized carbons (Fsp3) is 0.333. The largest absolute Gasteiger partial charge is 0.478 e. The number of aryl methyl sites for hydroxylation is 1. The maximum Gasteiger partial charge on any atom is 0.345 e. The average Bonchev–Trinajstić information content (AvgIpc) is 2.37. The molecule has 21 heavy (non-hydrogen) atoms. The van der Waals surface area contributed by atoms with Gasteiger partial charge in [-0.15, -0.1) is 0 Å². The van der Waals surface area contributed by atoms with Crippen LogP contribution in [-0.2, 0) is 4.79 Å². The third kappa shape index (κ3) is 3.22. The van der Waals surface area contributed by atoms with Gasteiger partial charge in [0.2, 0.25) is 0 Å². The van der Waals surface area contributed by atoms with Crippen molar-refractivity contribution in [3.63, 3.8) is 0 Å². The molecule has 1 N–H and O–H groups in total. The summed E-state index contributed by atoms with van der Waals surface area (Å²) in [7, 11) is 0. The van der Waals surface area contributed by atoms with E-state index in [0.29, 0.717) is 15.9 Å². The number of aliphatic carboxylic acids is 1. The summed E-state index contributed by atoms with van der Waals surface area (Å²) in [5, 5.41) is 10.6. The van der Waals surface area contributed by atoms with Gasteiger partial charge in [0.15, 0.2) is 11.9 Å². The van der Waals surface area contributed by atoms with Crippen molar-refractivity contribution < 1.29 is 14.6 Å². The molecule has 1 atom stereocenters. The first kappa shape index (κ1) is 15.9. The first-order chi connectivity index (χ1) is 9.81. The molecule has 4 nitrogen and oxygen atoms in total. The molecule has 0 saturated carbocycles. The molecule has 1 heterocycles. The Morgan fingerprint density at radius 3 is 2.52 bits per heavy atom. The van der Waals surface area contributed by atoms with Crippen LogP contribution in [0.5, 0.6) is 5.75 Å². The number of ether oxygens (including phenoxy) is 1. The minimum Gasteiger partial charge on any atom is -0.478 e. The van der Waals surface area contributed by atoms with E-state index in [0.717, 1.165) is 5.69 Å². The number of hydrogen-bond acceptors (Lipinski definition) is 3. The number of benzene rings is 1. The number of carboxylic acids is 1. The van der Waals surface area contributed by atoms with Crippen molar-refractivity contribution in [1.82, 2.24) is 4.98 Å². The van der Waals surface area contributed by atoms with E-state index in [1.54, 1.807) is 13.8 Å². The van der Waals surface area contributed by atoms with E-state index in [4.69, 9.17) is 27.9 Å². The van der Waals surface area contributed by atoms with E-state index in [1.807, 2.05) is 19.1 Å². The fourth-order valence-corrected chi connectivity index (χ4v) is 2.56. The first-order valence-corrected chi connectivity index (χ1v) is 7.21. The van der Waals surface area contributed by atoms with E-state index in [-0.39, 0.29) is 16.7 Å². The molecule has 1 aromatic heterocycles. The zero-order valence-corrected chi connectivity index (χ0v) is 13.4. The van der Waals surface area contributed by atoms with E-state index in [9.17, 15) is 9.90 Å². The second-order valence-electron chi connectivity index (χ2n) is 5.14. The molecule has 0 amide bonds. The van der Waals surface area contributed by atoms with Gasteiger partial charge in [0, 0.05) is 17.0 Å². The lowest BCUT2D eigenvalue weighted by atomic mass is 10.1. The lowest BCUT2D eigenvalue weighted by molar-refractivity contribution is -0.147. The lowest BCUT2D eigenvalue weighted by Crippen LogP contribution is -2.32. The summed E-state index contributed by atoms with van der Waals surface area (Å²) in [6.45, 7) is 5.36. The third-order valence-electron chi connectivity index (χ3n) is 3.07. The quantitative estimate of drug-likeness (QED) is 0.907. The second-order valence-corrected chi connectivity index (χ2v) is 5.95. The highest BCUT2D eigenvalue weighted by atomic mass is 35.5. The van der Waals surface area contributed by atoms with Crippen LogP contribution in [0.15, 0.2) is 18.2 Å². The molecular weight excluding hydrogens is 313 g/mol. The normalized spacial score (nSPS) is 12.7. The van der Waals surface area contributed by atoms with Crippen molar-refractivity contribution in [2.24, 2.45) is 5.92 Å². The number of carbonyl (C=O) groups is 1. The molecule has 0 bridgehead atoms. The Kier molecular flexibility index (Phi) is 4.59. The van der Waals surface area contributed by atoms with Crippen LogP contribution < -0.4 is 4.74 Å². The Labute approximate surface area is 132 Å². The Morgan fingerprint density at radius 2 is 1.95 bits per heavy atom.